The van der Waals surface area contributed by atoms with Gasteiger partial charge in [-0.15, -0.1) is 0 Å². The Kier molecular flexibility index (Phi) is 10.5. The third-order valence-electron chi connectivity index (χ3n) is 4.35. The lowest BCUT2D eigenvalue weighted by Crippen LogP contribution is -2.07. The number of hydrogen-bond donors (Lipinski definition) is 0. The summed E-state index contributed by atoms with van der Waals surface area (Å²) >= 11 is 0. The molecule has 0 radical (unpaired) electrons. The fourth-order valence-corrected chi connectivity index (χ4v) is 2.83. The maximum atomic E-state index is 12.5. The summed E-state index contributed by atoms with van der Waals surface area (Å²) in [5.74, 6) is 1.67. The molecule has 1 aromatic carbocycles. The van der Waals surface area contributed by atoms with Crippen LogP contribution < -0.4 is 4.74 Å². The molecule has 0 bridgehead atoms. The largest absolute Gasteiger partial charge is 0.497 e. The van der Waals surface area contributed by atoms with Crippen molar-refractivity contribution >= 4 is 12.1 Å². The molecule has 0 aliphatic heterocycles. The summed E-state index contributed by atoms with van der Waals surface area (Å²) in [5, 5.41) is 0. The molecule has 4 heteroatoms. The second-order valence-electron chi connectivity index (χ2n) is 5.91. The molecule has 1 aliphatic carbocycles. The Morgan fingerprint density at radius 2 is 1.81 bits per heavy atom. The summed E-state index contributed by atoms with van der Waals surface area (Å²) in [6.45, 7) is 4.00. The Balaban J connectivity index is 0.00000176. The molecule has 0 N–H and O–H groups in total. The van der Waals surface area contributed by atoms with Crippen molar-refractivity contribution in [3.8, 4) is 5.75 Å². The van der Waals surface area contributed by atoms with Crippen LogP contribution in [0.4, 0.5) is 0 Å². The van der Waals surface area contributed by atoms with Crippen LogP contribution in [0, 0.1) is 0 Å². The summed E-state index contributed by atoms with van der Waals surface area (Å²) in [4.78, 5) is 23.5. The van der Waals surface area contributed by atoms with E-state index in [9.17, 15) is 9.59 Å². The lowest BCUT2D eigenvalue weighted by molar-refractivity contribution is -0.116. The van der Waals surface area contributed by atoms with Crippen molar-refractivity contribution in [1.29, 1.82) is 0 Å². The standard InChI is InChI=1S/C21H24O4.C2H6/c1-24-19-5-3-4-18(8-12-19)21(23)13-9-17(14-15-22)16-6-10-20(25-2)11-7-16;1-2/h3,5-8,10-12,15,17H,4,9,13-14H2,1-2H3;1-2H3. The maximum absolute atomic E-state index is 12.5. The predicted molar refractivity (Wildman–Crippen MR) is 109 cm³/mol. The molecule has 2 rings (SSSR count). The topological polar surface area (TPSA) is 52.6 Å². The van der Waals surface area contributed by atoms with E-state index >= 15 is 0 Å². The van der Waals surface area contributed by atoms with Gasteiger partial charge in [0.25, 0.3) is 0 Å². The van der Waals surface area contributed by atoms with E-state index in [0.29, 0.717) is 25.7 Å². The zero-order chi connectivity index (χ0) is 20.1. The van der Waals surface area contributed by atoms with Crippen LogP contribution in [0.1, 0.15) is 51.0 Å². The van der Waals surface area contributed by atoms with Crippen molar-refractivity contribution in [2.75, 3.05) is 14.2 Å². The average Bonchev–Trinajstić information content (AvgIpc) is 2.98. The zero-order valence-corrected chi connectivity index (χ0v) is 16.7. The van der Waals surface area contributed by atoms with Gasteiger partial charge in [0.05, 0.1) is 14.2 Å². The summed E-state index contributed by atoms with van der Waals surface area (Å²) < 4.78 is 10.3. The van der Waals surface area contributed by atoms with Gasteiger partial charge in [0.15, 0.2) is 5.78 Å². The number of allylic oxidation sites excluding steroid dienone is 5. The summed E-state index contributed by atoms with van der Waals surface area (Å²) in [5.41, 5.74) is 1.82. The number of carbonyl (C=O) groups is 2. The smallest absolute Gasteiger partial charge is 0.159 e. The molecule has 1 aromatic rings. The summed E-state index contributed by atoms with van der Waals surface area (Å²) in [7, 11) is 3.23. The van der Waals surface area contributed by atoms with E-state index in [1.807, 2.05) is 62.4 Å². The van der Waals surface area contributed by atoms with Gasteiger partial charge in [-0.3, -0.25) is 4.79 Å². The molecule has 0 saturated heterocycles. The Morgan fingerprint density at radius 3 is 2.41 bits per heavy atom. The second kappa shape index (κ2) is 12.7. The molecule has 1 atom stereocenters. The molecular formula is C23H30O4. The number of aldehydes is 1. The first-order valence-corrected chi connectivity index (χ1v) is 9.40. The van der Waals surface area contributed by atoms with Gasteiger partial charge in [-0.05, 0) is 54.2 Å². The highest BCUT2D eigenvalue weighted by Gasteiger charge is 2.16. The van der Waals surface area contributed by atoms with Crippen molar-refractivity contribution in [3.05, 3.63) is 65.5 Å². The minimum atomic E-state index is 0.0411. The van der Waals surface area contributed by atoms with Crippen LogP contribution in [0.5, 0.6) is 5.75 Å². The molecule has 4 nitrogen and oxygen atoms in total. The van der Waals surface area contributed by atoms with Crippen LogP contribution in [0.2, 0.25) is 0 Å². The van der Waals surface area contributed by atoms with Crippen molar-refractivity contribution in [1.82, 2.24) is 0 Å². The number of benzene rings is 1. The molecule has 1 unspecified atom stereocenters. The Morgan fingerprint density at radius 1 is 1.11 bits per heavy atom. The van der Waals surface area contributed by atoms with Gasteiger partial charge in [-0.25, -0.2) is 0 Å². The van der Waals surface area contributed by atoms with Crippen LogP contribution in [-0.2, 0) is 14.3 Å². The van der Waals surface area contributed by atoms with Gasteiger partial charge in [0.1, 0.15) is 17.8 Å². The highest BCUT2D eigenvalue weighted by atomic mass is 16.5. The number of hydrogen-bond acceptors (Lipinski definition) is 4. The predicted octanol–water partition coefficient (Wildman–Crippen LogP) is 5.16. The van der Waals surface area contributed by atoms with E-state index in [1.165, 1.54) is 0 Å². The fourth-order valence-electron chi connectivity index (χ4n) is 2.83. The number of carbonyl (C=O) groups excluding carboxylic acids is 2. The first kappa shape index (κ1) is 22.4. The quantitative estimate of drug-likeness (QED) is 0.563. The average molecular weight is 370 g/mol. The van der Waals surface area contributed by atoms with Crippen molar-refractivity contribution in [2.45, 2.75) is 45.4 Å². The van der Waals surface area contributed by atoms with Crippen molar-refractivity contribution in [3.63, 3.8) is 0 Å². The van der Waals surface area contributed by atoms with Gasteiger partial charge in [-0.2, -0.15) is 0 Å². The zero-order valence-electron chi connectivity index (χ0n) is 16.7. The van der Waals surface area contributed by atoms with Gasteiger partial charge < -0.3 is 14.3 Å². The number of Topliss-reactive ketones (excluding diaryl/α,β-unsaturated/α-hetero) is 1. The molecule has 0 spiro atoms. The van der Waals surface area contributed by atoms with Crippen LogP contribution in [0.15, 0.2) is 59.9 Å². The van der Waals surface area contributed by atoms with E-state index in [4.69, 9.17) is 9.47 Å². The van der Waals surface area contributed by atoms with E-state index in [2.05, 4.69) is 0 Å². The minimum absolute atomic E-state index is 0.0411. The lowest BCUT2D eigenvalue weighted by Gasteiger charge is -2.15. The number of methoxy groups -OCH3 is 2. The van der Waals surface area contributed by atoms with Crippen molar-refractivity contribution in [2.24, 2.45) is 0 Å². The monoisotopic (exact) mass is 370 g/mol. The van der Waals surface area contributed by atoms with E-state index in [1.54, 1.807) is 14.2 Å². The van der Waals surface area contributed by atoms with E-state index in [-0.39, 0.29) is 11.7 Å². The van der Waals surface area contributed by atoms with E-state index < -0.39 is 0 Å². The molecule has 0 saturated carbocycles. The first-order chi connectivity index (χ1) is 13.2. The van der Waals surface area contributed by atoms with Gasteiger partial charge in [0, 0.05) is 12.8 Å². The molecular weight excluding hydrogens is 340 g/mol. The highest BCUT2D eigenvalue weighted by Crippen LogP contribution is 2.27. The summed E-state index contributed by atoms with van der Waals surface area (Å²) in [6, 6.07) is 7.67. The SMILES string of the molecule is CC.COC1=CC=C(C(=O)CCC(CC=O)c2ccc(OC)cc2)CC=C1. The number of ketones is 1. The summed E-state index contributed by atoms with van der Waals surface area (Å²) in [6.07, 6.45) is 10.4. The van der Waals surface area contributed by atoms with Crippen LogP contribution >= 0.6 is 0 Å². The molecule has 1 aliphatic rings. The Bertz CT molecular complexity index is 681. The molecule has 0 heterocycles. The van der Waals surface area contributed by atoms with Crippen molar-refractivity contribution < 1.29 is 19.1 Å². The Hall–Kier alpha value is -2.62. The lowest BCUT2D eigenvalue weighted by atomic mass is 9.89. The molecule has 0 amide bonds. The normalized spacial score (nSPS) is 13.9. The van der Waals surface area contributed by atoms with Gasteiger partial charge >= 0.3 is 0 Å². The number of ether oxygens (including phenoxy) is 2. The van der Waals surface area contributed by atoms with Crippen LogP contribution in [-0.4, -0.2) is 26.3 Å². The Labute approximate surface area is 162 Å². The first-order valence-electron chi connectivity index (χ1n) is 9.40. The van der Waals surface area contributed by atoms with E-state index in [0.717, 1.165) is 28.9 Å². The number of rotatable bonds is 9. The highest BCUT2D eigenvalue weighted by molar-refractivity contribution is 5.96. The van der Waals surface area contributed by atoms with Crippen LogP contribution in [0.25, 0.3) is 0 Å². The molecule has 27 heavy (non-hydrogen) atoms. The minimum Gasteiger partial charge on any atom is -0.497 e. The third kappa shape index (κ3) is 7.26. The molecule has 0 aromatic heterocycles. The molecule has 0 fully saturated rings. The van der Waals surface area contributed by atoms with Crippen LogP contribution in [0.3, 0.4) is 0 Å². The fraction of sp³-hybridized carbons (Fsp3) is 0.391. The maximum Gasteiger partial charge on any atom is 0.159 e. The third-order valence-corrected chi connectivity index (χ3v) is 4.35. The second-order valence-corrected chi connectivity index (χ2v) is 5.91. The van der Waals surface area contributed by atoms with Gasteiger partial charge in [-0.1, -0.05) is 38.1 Å². The van der Waals surface area contributed by atoms with Gasteiger partial charge in [0.2, 0.25) is 0 Å². The molecule has 146 valence electrons.